The van der Waals surface area contributed by atoms with Crippen LogP contribution in [0, 0.1) is 12.3 Å². The summed E-state index contributed by atoms with van der Waals surface area (Å²) in [5, 5.41) is 8.73. The highest BCUT2D eigenvalue weighted by Crippen LogP contribution is 2.13. The van der Waals surface area contributed by atoms with Crippen LogP contribution in [0.2, 0.25) is 0 Å². The number of terminal acetylenes is 1. The summed E-state index contributed by atoms with van der Waals surface area (Å²) in [6.45, 7) is -0.362. The molecule has 1 rings (SSSR count). The zero-order chi connectivity index (χ0) is 15.0. The van der Waals surface area contributed by atoms with Crippen molar-refractivity contribution in [1.29, 1.82) is 0 Å². The number of methoxy groups -OCH3 is 1. The first-order valence-corrected chi connectivity index (χ1v) is 6.12. The summed E-state index contributed by atoms with van der Waals surface area (Å²) < 4.78 is 5.05. The maximum atomic E-state index is 11.9. The van der Waals surface area contributed by atoms with Crippen LogP contribution in [0.3, 0.4) is 0 Å². The quantitative estimate of drug-likeness (QED) is 0.759. The standard InChI is InChI=1S/C15H17NO4/c1-3-10-16(11-15(18)19)14(17)9-6-12-4-7-13(20-2)8-5-12/h1,4-5,7-8H,6,9-11H2,2H3,(H,18,19). The van der Waals surface area contributed by atoms with Gasteiger partial charge in [-0.2, -0.15) is 0 Å². The molecule has 0 fully saturated rings. The topological polar surface area (TPSA) is 66.8 Å². The molecule has 0 atom stereocenters. The molecule has 5 heteroatoms. The molecular weight excluding hydrogens is 258 g/mol. The molecule has 106 valence electrons. The van der Waals surface area contributed by atoms with Crippen LogP contribution in [-0.4, -0.2) is 42.1 Å². The van der Waals surface area contributed by atoms with E-state index in [1.807, 2.05) is 24.3 Å². The molecule has 5 nitrogen and oxygen atoms in total. The highest BCUT2D eigenvalue weighted by atomic mass is 16.5. The van der Waals surface area contributed by atoms with E-state index in [9.17, 15) is 9.59 Å². The van der Waals surface area contributed by atoms with Crippen LogP contribution in [0.5, 0.6) is 5.75 Å². The fourth-order valence-corrected chi connectivity index (χ4v) is 1.71. The number of aliphatic carboxylic acids is 1. The monoisotopic (exact) mass is 275 g/mol. The Balaban J connectivity index is 2.55. The van der Waals surface area contributed by atoms with E-state index in [2.05, 4.69) is 5.92 Å². The Morgan fingerprint density at radius 1 is 1.35 bits per heavy atom. The van der Waals surface area contributed by atoms with Crippen molar-refractivity contribution in [1.82, 2.24) is 4.90 Å². The first kappa shape index (κ1) is 15.6. The minimum atomic E-state index is -1.07. The average molecular weight is 275 g/mol. The second-order valence-corrected chi connectivity index (χ2v) is 4.20. The molecule has 1 N–H and O–H groups in total. The van der Waals surface area contributed by atoms with Gasteiger partial charge in [0, 0.05) is 6.42 Å². The third-order valence-corrected chi connectivity index (χ3v) is 2.75. The number of aryl methyl sites for hydroxylation is 1. The normalized spacial score (nSPS) is 9.60. The van der Waals surface area contributed by atoms with Crippen molar-refractivity contribution in [2.45, 2.75) is 12.8 Å². The summed E-state index contributed by atoms with van der Waals surface area (Å²) in [4.78, 5) is 23.7. The Morgan fingerprint density at radius 2 is 2.00 bits per heavy atom. The number of nitrogens with zero attached hydrogens (tertiary/aromatic N) is 1. The summed E-state index contributed by atoms with van der Waals surface area (Å²) in [5.74, 6) is 1.71. The van der Waals surface area contributed by atoms with Crippen molar-refractivity contribution in [3.63, 3.8) is 0 Å². The number of hydrogen-bond acceptors (Lipinski definition) is 3. The molecule has 0 aliphatic carbocycles. The number of carbonyl (C=O) groups excluding carboxylic acids is 1. The molecule has 1 aromatic rings. The first-order chi connectivity index (χ1) is 9.56. The van der Waals surface area contributed by atoms with Crippen LogP contribution < -0.4 is 4.74 Å². The third-order valence-electron chi connectivity index (χ3n) is 2.75. The Morgan fingerprint density at radius 3 is 2.50 bits per heavy atom. The molecule has 1 amide bonds. The lowest BCUT2D eigenvalue weighted by molar-refractivity contribution is -0.144. The third kappa shape index (κ3) is 5.02. The Hall–Kier alpha value is -2.48. The average Bonchev–Trinajstić information content (AvgIpc) is 2.44. The molecule has 0 bridgehead atoms. The van der Waals surface area contributed by atoms with E-state index in [1.54, 1.807) is 7.11 Å². The van der Waals surface area contributed by atoms with Gasteiger partial charge in [-0.1, -0.05) is 18.1 Å². The van der Waals surface area contributed by atoms with E-state index in [0.717, 1.165) is 16.2 Å². The fraction of sp³-hybridized carbons (Fsp3) is 0.333. The summed E-state index contributed by atoms with van der Waals surface area (Å²) >= 11 is 0. The molecule has 0 radical (unpaired) electrons. The van der Waals surface area contributed by atoms with Crippen molar-refractivity contribution in [3.05, 3.63) is 29.8 Å². The van der Waals surface area contributed by atoms with E-state index in [1.165, 1.54) is 0 Å². The van der Waals surface area contributed by atoms with Gasteiger partial charge >= 0.3 is 5.97 Å². The van der Waals surface area contributed by atoms with Crippen molar-refractivity contribution in [2.24, 2.45) is 0 Å². The number of amides is 1. The zero-order valence-electron chi connectivity index (χ0n) is 11.3. The summed E-state index contributed by atoms with van der Waals surface area (Å²) in [7, 11) is 1.59. The van der Waals surface area contributed by atoms with Gasteiger partial charge in [-0.05, 0) is 24.1 Å². The van der Waals surface area contributed by atoms with Gasteiger partial charge in [0.1, 0.15) is 12.3 Å². The van der Waals surface area contributed by atoms with Crippen LogP contribution >= 0.6 is 0 Å². The maximum absolute atomic E-state index is 11.9. The lowest BCUT2D eigenvalue weighted by atomic mass is 10.1. The Kier molecular flexibility index (Phi) is 6.11. The predicted molar refractivity (Wildman–Crippen MR) is 74.4 cm³/mol. The lowest BCUT2D eigenvalue weighted by Gasteiger charge is -2.17. The van der Waals surface area contributed by atoms with Crippen LogP contribution in [0.25, 0.3) is 0 Å². The molecule has 0 spiro atoms. The van der Waals surface area contributed by atoms with E-state index in [-0.39, 0.29) is 25.4 Å². The lowest BCUT2D eigenvalue weighted by Crippen LogP contribution is -2.36. The maximum Gasteiger partial charge on any atom is 0.323 e. The van der Waals surface area contributed by atoms with Crippen LogP contribution in [0.15, 0.2) is 24.3 Å². The highest BCUT2D eigenvalue weighted by Gasteiger charge is 2.15. The van der Waals surface area contributed by atoms with Crippen molar-refractivity contribution < 1.29 is 19.4 Å². The minimum Gasteiger partial charge on any atom is -0.497 e. The number of rotatable bonds is 7. The number of benzene rings is 1. The van der Waals surface area contributed by atoms with Gasteiger partial charge in [0.2, 0.25) is 5.91 Å². The number of hydrogen-bond donors (Lipinski definition) is 1. The van der Waals surface area contributed by atoms with Crippen molar-refractivity contribution in [2.75, 3.05) is 20.2 Å². The van der Waals surface area contributed by atoms with Gasteiger partial charge in [-0.3, -0.25) is 9.59 Å². The molecule has 0 saturated heterocycles. The summed E-state index contributed by atoms with van der Waals surface area (Å²) in [5.41, 5.74) is 0.982. The largest absolute Gasteiger partial charge is 0.497 e. The second kappa shape index (κ2) is 7.85. The van der Waals surface area contributed by atoms with Crippen LogP contribution in [0.4, 0.5) is 0 Å². The molecule has 20 heavy (non-hydrogen) atoms. The molecule has 0 saturated carbocycles. The number of ether oxygens (including phenoxy) is 1. The van der Waals surface area contributed by atoms with E-state index in [4.69, 9.17) is 16.3 Å². The molecule has 0 heterocycles. The zero-order valence-corrected chi connectivity index (χ0v) is 11.3. The van der Waals surface area contributed by atoms with Crippen molar-refractivity contribution >= 4 is 11.9 Å². The number of carboxylic acids is 1. The SMILES string of the molecule is C#CCN(CC(=O)O)C(=O)CCc1ccc(OC)cc1. The van der Waals surface area contributed by atoms with Crippen LogP contribution in [0.1, 0.15) is 12.0 Å². The molecule has 0 aliphatic rings. The van der Waals surface area contributed by atoms with E-state index >= 15 is 0 Å². The molecule has 1 aromatic carbocycles. The Bertz CT molecular complexity index is 502. The fourth-order valence-electron chi connectivity index (χ4n) is 1.71. The highest BCUT2D eigenvalue weighted by molar-refractivity contribution is 5.81. The van der Waals surface area contributed by atoms with Gasteiger partial charge in [0.05, 0.1) is 13.7 Å². The molecular formula is C15H17NO4. The van der Waals surface area contributed by atoms with Gasteiger partial charge in [0.15, 0.2) is 0 Å². The summed E-state index contributed by atoms with van der Waals surface area (Å²) in [6, 6.07) is 7.37. The Labute approximate surface area is 118 Å². The van der Waals surface area contributed by atoms with E-state index < -0.39 is 5.97 Å². The first-order valence-electron chi connectivity index (χ1n) is 6.12. The van der Waals surface area contributed by atoms with Gasteiger partial charge in [-0.25, -0.2) is 0 Å². The summed E-state index contributed by atoms with van der Waals surface area (Å²) in [6.07, 6.45) is 5.89. The van der Waals surface area contributed by atoms with Gasteiger partial charge < -0.3 is 14.7 Å². The second-order valence-electron chi connectivity index (χ2n) is 4.20. The van der Waals surface area contributed by atoms with Crippen LogP contribution in [-0.2, 0) is 16.0 Å². The number of carboxylic acid groups (broad SMARTS) is 1. The van der Waals surface area contributed by atoms with E-state index in [0.29, 0.717) is 6.42 Å². The van der Waals surface area contributed by atoms with Gasteiger partial charge in [0.25, 0.3) is 0 Å². The number of carbonyl (C=O) groups is 2. The predicted octanol–water partition coefficient (Wildman–Crippen LogP) is 1.17. The molecule has 0 aromatic heterocycles. The minimum absolute atomic E-state index is 0.00768. The smallest absolute Gasteiger partial charge is 0.323 e. The molecule has 0 aliphatic heterocycles. The van der Waals surface area contributed by atoms with Crippen molar-refractivity contribution in [3.8, 4) is 18.1 Å². The van der Waals surface area contributed by atoms with Gasteiger partial charge in [-0.15, -0.1) is 6.42 Å². The molecule has 0 unspecified atom stereocenters.